The second kappa shape index (κ2) is 16.3. The van der Waals surface area contributed by atoms with Gasteiger partial charge in [-0.05, 0) is 136 Å². The van der Waals surface area contributed by atoms with E-state index in [1.807, 2.05) is 0 Å². The minimum absolute atomic E-state index is 0.382. The van der Waals surface area contributed by atoms with Gasteiger partial charge in [-0.15, -0.1) is 0 Å². The molecule has 0 aliphatic carbocycles. The first-order chi connectivity index (χ1) is 24.5. The third-order valence-corrected chi connectivity index (χ3v) is 13.7. The zero-order chi connectivity index (χ0) is 38.2. The Balaban J connectivity index is 2.15. The summed E-state index contributed by atoms with van der Waals surface area (Å²) < 4.78 is 0. The van der Waals surface area contributed by atoms with Crippen molar-refractivity contribution >= 4 is 23.8 Å². The number of aryl methyl sites for hydroxylation is 3. The van der Waals surface area contributed by atoms with Gasteiger partial charge in [0.2, 0.25) is 0 Å². The maximum absolute atomic E-state index is 2.59. The number of hydrogen-bond acceptors (Lipinski definition) is 0. The van der Waals surface area contributed by atoms with Crippen LogP contribution in [0.3, 0.4) is 0 Å². The first-order valence-electron chi connectivity index (χ1n) is 19.9. The Morgan fingerprint density at radius 2 is 0.615 bits per heavy atom. The topological polar surface area (TPSA) is 0 Å². The van der Waals surface area contributed by atoms with Crippen LogP contribution < -0.4 is 15.9 Å². The molecule has 0 bridgehead atoms. The highest BCUT2D eigenvalue weighted by Gasteiger charge is 2.35. The number of benzene rings is 5. The molecule has 0 nitrogen and oxygen atoms in total. The normalized spacial score (nSPS) is 12.2. The van der Waals surface area contributed by atoms with Crippen LogP contribution in [0.5, 0.6) is 0 Å². The minimum Gasteiger partial charge on any atom is -0.0587 e. The fourth-order valence-electron chi connectivity index (χ4n) is 7.61. The van der Waals surface area contributed by atoms with Gasteiger partial charge >= 0.3 is 0 Å². The van der Waals surface area contributed by atoms with Crippen LogP contribution in [0.25, 0.3) is 22.3 Å². The molecule has 5 aromatic rings. The molecule has 0 fully saturated rings. The quantitative estimate of drug-likeness (QED) is 0.120. The summed E-state index contributed by atoms with van der Waals surface area (Å²) in [7, 11) is -1.04. The second-order valence-electron chi connectivity index (χ2n) is 17.3. The fourth-order valence-corrected chi connectivity index (χ4v) is 11.5. The first-order valence-corrected chi connectivity index (χ1v) is 21.3. The molecule has 0 heterocycles. The molecular weight excluding hydrogens is 644 g/mol. The lowest BCUT2D eigenvalue weighted by Gasteiger charge is -2.36. The van der Waals surface area contributed by atoms with Gasteiger partial charge in [0.05, 0.1) is 0 Å². The Morgan fingerprint density at radius 1 is 0.327 bits per heavy atom. The molecule has 0 saturated carbocycles. The largest absolute Gasteiger partial charge is 0.0587 e. The van der Waals surface area contributed by atoms with Crippen LogP contribution >= 0.6 is 7.92 Å². The molecular formula is C51H65P. The number of rotatable bonds is 11. The highest BCUT2D eigenvalue weighted by atomic mass is 31.1. The Morgan fingerprint density at radius 3 is 0.865 bits per heavy atom. The molecule has 0 spiro atoms. The molecule has 0 saturated heterocycles. The van der Waals surface area contributed by atoms with E-state index in [1.54, 1.807) is 10.6 Å². The van der Waals surface area contributed by atoms with Crippen LogP contribution in [-0.2, 0) is 0 Å². The third kappa shape index (κ3) is 8.19. The van der Waals surface area contributed by atoms with E-state index >= 15 is 0 Å². The van der Waals surface area contributed by atoms with Crippen molar-refractivity contribution in [2.24, 2.45) is 0 Å². The minimum atomic E-state index is -1.04. The van der Waals surface area contributed by atoms with Gasteiger partial charge in [-0.3, -0.25) is 0 Å². The van der Waals surface area contributed by atoms with Gasteiger partial charge in [-0.1, -0.05) is 179 Å². The maximum Gasteiger partial charge on any atom is 0.000650 e. The lowest BCUT2D eigenvalue weighted by Crippen LogP contribution is -2.34. The van der Waals surface area contributed by atoms with Crippen molar-refractivity contribution in [2.75, 3.05) is 0 Å². The molecule has 0 aliphatic heterocycles. The molecule has 0 radical (unpaired) electrons. The molecule has 274 valence electrons. The molecule has 1 heteroatoms. The average molecular weight is 709 g/mol. The zero-order valence-corrected chi connectivity index (χ0v) is 35.9. The van der Waals surface area contributed by atoms with Crippen LogP contribution in [0.1, 0.15) is 169 Å². The first kappa shape index (κ1) is 39.7. The van der Waals surface area contributed by atoms with Crippen LogP contribution in [0.2, 0.25) is 0 Å². The fraction of sp³-hybridized carbons (Fsp3) is 0.412. The van der Waals surface area contributed by atoms with Crippen LogP contribution in [-0.4, -0.2) is 0 Å². The molecule has 5 aromatic carbocycles. The summed E-state index contributed by atoms with van der Waals surface area (Å²) in [6.45, 7) is 35.5. The summed E-state index contributed by atoms with van der Waals surface area (Å²) in [6, 6.07) is 34.0. The second-order valence-corrected chi connectivity index (χ2v) is 19.3. The van der Waals surface area contributed by atoms with Crippen LogP contribution in [0.15, 0.2) is 84.9 Å². The van der Waals surface area contributed by atoms with E-state index in [2.05, 4.69) is 189 Å². The smallest absolute Gasteiger partial charge is 0.000650 e. The zero-order valence-electron chi connectivity index (χ0n) is 35.0. The van der Waals surface area contributed by atoms with Crippen molar-refractivity contribution in [1.82, 2.24) is 0 Å². The molecule has 0 atom stereocenters. The van der Waals surface area contributed by atoms with Crippen molar-refractivity contribution in [3.05, 3.63) is 135 Å². The predicted octanol–water partition coefficient (Wildman–Crippen LogP) is 14.4. The maximum atomic E-state index is 2.59. The highest BCUT2D eigenvalue weighted by Crippen LogP contribution is 2.49. The highest BCUT2D eigenvalue weighted by molar-refractivity contribution is 7.80. The lowest BCUT2D eigenvalue weighted by atomic mass is 9.89. The van der Waals surface area contributed by atoms with E-state index in [9.17, 15) is 0 Å². The van der Waals surface area contributed by atoms with E-state index in [0.29, 0.717) is 35.5 Å². The lowest BCUT2D eigenvalue weighted by molar-refractivity contribution is 0.811. The van der Waals surface area contributed by atoms with E-state index < -0.39 is 7.92 Å². The molecule has 0 aromatic heterocycles. The van der Waals surface area contributed by atoms with Gasteiger partial charge in [0.1, 0.15) is 0 Å². The summed E-state index contributed by atoms with van der Waals surface area (Å²) >= 11 is 0. The van der Waals surface area contributed by atoms with Gasteiger partial charge in [0, 0.05) is 5.30 Å². The standard InChI is InChI=1S/C51H65P/c1-30(2)41-26-43(32(5)6)49(44(27-41)33(7)8)52(50-45(34(9)10)28-42(31(3)4)29-46(50)35(11)12)51-47(39-20-16-36(13)17-21-39)24-38(15)25-48(51)40-22-18-37(14)19-23-40/h16-35H,1-15H3. The van der Waals surface area contributed by atoms with Crippen molar-refractivity contribution in [2.45, 2.75) is 139 Å². The Bertz CT molecular complexity index is 1800. The average Bonchev–Trinajstić information content (AvgIpc) is 3.08. The van der Waals surface area contributed by atoms with Crippen molar-refractivity contribution < 1.29 is 0 Å². The third-order valence-electron chi connectivity index (χ3n) is 10.9. The summed E-state index contributed by atoms with van der Waals surface area (Å²) in [6.07, 6.45) is 0. The van der Waals surface area contributed by atoms with Crippen molar-refractivity contribution in [3.8, 4) is 22.3 Å². The monoisotopic (exact) mass is 708 g/mol. The Hall–Kier alpha value is -3.47. The van der Waals surface area contributed by atoms with Gasteiger partial charge in [0.15, 0.2) is 0 Å². The molecule has 0 amide bonds. The summed E-state index contributed by atoms with van der Waals surface area (Å²) in [5.41, 5.74) is 18.2. The molecule has 0 unspecified atom stereocenters. The van der Waals surface area contributed by atoms with Gasteiger partial charge in [0.25, 0.3) is 0 Å². The molecule has 5 rings (SSSR count). The van der Waals surface area contributed by atoms with E-state index in [4.69, 9.17) is 0 Å². The van der Waals surface area contributed by atoms with E-state index in [1.165, 1.54) is 77.6 Å². The Kier molecular flexibility index (Phi) is 12.4. The van der Waals surface area contributed by atoms with Crippen LogP contribution in [0.4, 0.5) is 0 Å². The Labute approximate surface area is 319 Å². The molecule has 52 heavy (non-hydrogen) atoms. The van der Waals surface area contributed by atoms with Crippen LogP contribution in [0, 0.1) is 20.8 Å². The van der Waals surface area contributed by atoms with Crippen molar-refractivity contribution in [3.63, 3.8) is 0 Å². The van der Waals surface area contributed by atoms with Gasteiger partial charge in [-0.25, -0.2) is 0 Å². The predicted molar refractivity (Wildman–Crippen MR) is 235 cm³/mol. The van der Waals surface area contributed by atoms with Crippen molar-refractivity contribution in [1.29, 1.82) is 0 Å². The SMILES string of the molecule is Cc1ccc(-c2cc(C)cc(-c3ccc(C)cc3)c2P(c2c(C(C)C)cc(C(C)C)cc2C(C)C)c2c(C(C)C)cc(C(C)C)cc2C(C)C)cc1. The summed E-state index contributed by atoms with van der Waals surface area (Å²) in [5, 5.41) is 4.66. The van der Waals surface area contributed by atoms with E-state index in [-0.39, 0.29) is 0 Å². The molecule has 0 N–H and O–H groups in total. The number of hydrogen-bond donors (Lipinski definition) is 0. The summed E-state index contributed by atoms with van der Waals surface area (Å²) in [5.74, 6) is 2.45. The van der Waals surface area contributed by atoms with E-state index in [0.717, 1.165) is 0 Å². The van der Waals surface area contributed by atoms with Gasteiger partial charge < -0.3 is 0 Å². The summed E-state index contributed by atoms with van der Waals surface area (Å²) in [4.78, 5) is 0. The van der Waals surface area contributed by atoms with Gasteiger partial charge in [-0.2, -0.15) is 0 Å². The molecule has 0 aliphatic rings.